The minimum absolute atomic E-state index is 0.191. The fourth-order valence-electron chi connectivity index (χ4n) is 5.61. The lowest BCUT2D eigenvalue weighted by atomic mass is 9.51. The number of rotatable bonds is 2. The number of amides is 1. The molecule has 12 heteroatoms. The summed E-state index contributed by atoms with van der Waals surface area (Å²) in [5, 5.41) is 65.5. The Morgan fingerprint density at radius 1 is 1.25 bits per heavy atom. The average Bonchev–Trinajstić information content (AvgIpc) is 2.70. The number of nitrogens with two attached hydrogens (primary N) is 1. The number of fused-ring (bicyclic) bond motifs is 3. The van der Waals surface area contributed by atoms with E-state index in [1.807, 2.05) is 0 Å². The molecule has 1 amide bonds. The molecule has 170 valence electrons. The zero-order valence-corrected chi connectivity index (χ0v) is 16.6. The molecule has 32 heavy (non-hydrogen) atoms. The molecule has 3 aliphatic carbocycles. The van der Waals surface area contributed by atoms with Crippen LogP contribution in [0, 0.1) is 27.9 Å². The first-order valence-corrected chi connectivity index (χ1v) is 9.75. The maximum Gasteiger partial charge on any atom is 0.311 e. The van der Waals surface area contributed by atoms with Gasteiger partial charge in [0.1, 0.15) is 17.4 Å². The van der Waals surface area contributed by atoms with Crippen molar-refractivity contribution in [3.05, 3.63) is 44.7 Å². The quantitative estimate of drug-likeness (QED) is 0.187. The van der Waals surface area contributed by atoms with E-state index in [1.54, 1.807) is 6.92 Å². The molecule has 7 atom stereocenters. The van der Waals surface area contributed by atoms with Crippen molar-refractivity contribution in [3.63, 3.8) is 0 Å². The number of aliphatic hydroxyl groups is 4. The van der Waals surface area contributed by atoms with Gasteiger partial charge in [-0.05, 0) is 11.5 Å². The van der Waals surface area contributed by atoms with Crippen LogP contribution in [-0.4, -0.2) is 65.7 Å². The molecule has 4 rings (SSSR count). The Morgan fingerprint density at radius 2 is 1.88 bits per heavy atom. The molecule has 0 saturated heterocycles. The Balaban J connectivity index is 1.94. The SMILES string of the molecule is C[C@H]1c2ccc([N+](=O)[O-])c(O)c2C(=O)C2C1[C@H](O)C1CC(=O)C(C(N)=O)=C(O)C1(O)[C@@H]2O. The largest absolute Gasteiger partial charge is 0.508 e. The Labute approximate surface area is 179 Å². The van der Waals surface area contributed by atoms with E-state index in [9.17, 15) is 50.0 Å². The molecule has 1 aromatic rings. The zero-order valence-electron chi connectivity index (χ0n) is 16.6. The van der Waals surface area contributed by atoms with Gasteiger partial charge in [-0.2, -0.15) is 0 Å². The molecule has 0 heterocycles. The van der Waals surface area contributed by atoms with E-state index in [-0.39, 0.29) is 5.56 Å². The molecule has 1 saturated carbocycles. The van der Waals surface area contributed by atoms with Crippen molar-refractivity contribution >= 4 is 23.2 Å². The van der Waals surface area contributed by atoms with Gasteiger partial charge in [0.15, 0.2) is 17.2 Å². The van der Waals surface area contributed by atoms with Crippen LogP contribution in [0.15, 0.2) is 23.5 Å². The van der Waals surface area contributed by atoms with E-state index < -0.39 is 98.6 Å². The van der Waals surface area contributed by atoms with E-state index in [0.29, 0.717) is 0 Å². The van der Waals surface area contributed by atoms with Gasteiger partial charge in [0.05, 0.1) is 22.5 Å². The number of phenolic OH excluding ortho intramolecular Hbond substituents is 1. The molecule has 7 N–H and O–H groups in total. The fraction of sp³-hybridized carbons (Fsp3) is 0.450. The molecule has 12 nitrogen and oxygen atoms in total. The topological polar surface area (TPSA) is 222 Å². The molecule has 0 bridgehead atoms. The second kappa shape index (κ2) is 6.82. The van der Waals surface area contributed by atoms with Crippen molar-refractivity contribution in [1.29, 1.82) is 0 Å². The standard InChI is InChI=1S/C20H20N2O10/c1-5-6-2-3-8(22(31)32)15(25)11(6)16(26)13-10(5)14(24)7-4-9(23)12(19(21)29)17(27)20(7,30)18(13)28/h2-3,5,7,10,13-14,18,24-25,27-28,30H,4H2,1H3,(H2,21,29)/t5-,7?,10?,13?,14+,18+,20?/m0/s1. The first-order chi connectivity index (χ1) is 14.8. The lowest BCUT2D eigenvalue weighted by molar-refractivity contribution is -0.385. The summed E-state index contributed by atoms with van der Waals surface area (Å²) in [6, 6.07) is 2.28. The van der Waals surface area contributed by atoms with Crippen molar-refractivity contribution in [3.8, 4) is 5.75 Å². The van der Waals surface area contributed by atoms with Crippen molar-refractivity contribution in [1.82, 2.24) is 0 Å². The maximum absolute atomic E-state index is 13.3. The van der Waals surface area contributed by atoms with Crippen LogP contribution in [0.5, 0.6) is 5.75 Å². The van der Waals surface area contributed by atoms with E-state index in [0.717, 1.165) is 6.07 Å². The number of phenols is 1. The third-order valence-corrected chi connectivity index (χ3v) is 7.13. The van der Waals surface area contributed by atoms with Crippen LogP contribution >= 0.6 is 0 Å². The molecular weight excluding hydrogens is 428 g/mol. The predicted molar refractivity (Wildman–Crippen MR) is 103 cm³/mol. The Bertz CT molecular complexity index is 1130. The van der Waals surface area contributed by atoms with Crippen LogP contribution in [-0.2, 0) is 9.59 Å². The smallest absolute Gasteiger partial charge is 0.311 e. The highest BCUT2D eigenvalue weighted by molar-refractivity contribution is 6.20. The Hall–Kier alpha value is -3.35. The first-order valence-electron chi connectivity index (χ1n) is 9.75. The number of nitro benzene ring substituents is 1. The van der Waals surface area contributed by atoms with E-state index >= 15 is 0 Å². The van der Waals surface area contributed by atoms with Gasteiger partial charge in [-0.25, -0.2) is 0 Å². The summed E-state index contributed by atoms with van der Waals surface area (Å²) < 4.78 is 0. The fourth-order valence-corrected chi connectivity index (χ4v) is 5.61. The number of hydrogen-bond acceptors (Lipinski definition) is 10. The molecule has 0 radical (unpaired) electrons. The van der Waals surface area contributed by atoms with Gasteiger partial charge in [-0.15, -0.1) is 0 Å². The minimum atomic E-state index is -2.76. The van der Waals surface area contributed by atoms with Gasteiger partial charge in [0.25, 0.3) is 5.91 Å². The summed E-state index contributed by atoms with van der Waals surface area (Å²) in [5.41, 5.74) is 0.427. The Kier molecular flexibility index (Phi) is 4.66. The van der Waals surface area contributed by atoms with Crippen molar-refractivity contribution in [2.75, 3.05) is 0 Å². The number of aromatic hydroxyl groups is 1. The van der Waals surface area contributed by atoms with Gasteiger partial charge < -0.3 is 31.3 Å². The van der Waals surface area contributed by atoms with Crippen LogP contribution in [0.25, 0.3) is 0 Å². The van der Waals surface area contributed by atoms with Crippen LogP contribution in [0.3, 0.4) is 0 Å². The van der Waals surface area contributed by atoms with Crippen molar-refractivity contribution in [2.45, 2.75) is 37.1 Å². The second-order valence-corrected chi connectivity index (χ2v) is 8.49. The van der Waals surface area contributed by atoms with Crippen molar-refractivity contribution < 1.29 is 44.8 Å². The van der Waals surface area contributed by atoms with E-state index in [1.165, 1.54) is 6.07 Å². The number of aliphatic hydroxyl groups excluding tert-OH is 3. The third kappa shape index (κ3) is 2.51. The van der Waals surface area contributed by atoms with Gasteiger partial charge in [-0.1, -0.05) is 13.0 Å². The van der Waals surface area contributed by atoms with Gasteiger partial charge >= 0.3 is 5.69 Å². The molecule has 0 spiro atoms. The molecule has 0 aromatic heterocycles. The van der Waals surface area contributed by atoms with Gasteiger partial charge in [0.2, 0.25) is 5.75 Å². The first kappa shape index (κ1) is 21.9. The summed E-state index contributed by atoms with van der Waals surface area (Å²) in [6.45, 7) is 1.56. The molecule has 4 unspecified atom stereocenters. The second-order valence-electron chi connectivity index (χ2n) is 8.49. The molecule has 0 aliphatic heterocycles. The lowest BCUT2D eigenvalue weighted by Gasteiger charge is -2.56. The minimum Gasteiger partial charge on any atom is -0.508 e. The Morgan fingerprint density at radius 3 is 2.44 bits per heavy atom. The number of nitrogens with zero attached hydrogens (tertiary/aromatic N) is 1. The highest BCUT2D eigenvalue weighted by Crippen LogP contribution is 2.56. The van der Waals surface area contributed by atoms with Crippen molar-refractivity contribution in [2.24, 2.45) is 23.5 Å². The van der Waals surface area contributed by atoms with Crippen LogP contribution < -0.4 is 5.73 Å². The van der Waals surface area contributed by atoms with Crippen LogP contribution in [0.2, 0.25) is 0 Å². The van der Waals surface area contributed by atoms with E-state index in [4.69, 9.17) is 5.73 Å². The molecule has 1 aromatic carbocycles. The summed E-state index contributed by atoms with van der Waals surface area (Å²) >= 11 is 0. The molecule has 1 fully saturated rings. The number of carbonyl (C=O) groups excluding carboxylic acids is 3. The zero-order chi connectivity index (χ0) is 23.9. The normalized spacial score (nSPS) is 36.2. The highest BCUT2D eigenvalue weighted by atomic mass is 16.6. The number of ketones is 2. The number of carbonyl (C=O) groups is 3. The number of Topliss-reactive ketones (excluding diaryl/α,β-unsaturated/α-hetero) is 2. The van der Waals surface area contributed by atoms with Crippen LogP contribution in [0.4, 0.5) is 5.69 Å². The highest BCUT2D eigenvalue weighted by Gasteiger charge is 2.67. The summed E-state index contributed by atoms with van der Waals surface area (Å²) in [7, 11) is 0. The lowest BCUT2D eigenvalue weighted by Crippen LogP contribution is -2.69. The summed E-state index contributed by atoms with van der Waals surface area (Å²) in [4.78, 5) is 47.6. The summed E-state index contributed by atoms with van der Waals surface area (Å²) in [6.07, 6.45) is -4.34. The summed E-state index contributed by atoms with van der Waals surface area (Å²) in [5.74, 6) is -10.3. The average molecular weight is 448 g/mol. The van der Waals surface area contributed by atoms with Crippen LogP contribution in [0.1, 0.15) is 35.2 Å². The number of nitro groups is 1. The maximum atomic E-state index is 13.3. The third-order valence-electron chi connectivity index (χ3n) is 7.13. The van der Waals surface area contributed by atoms with Gasteiger partial charge in [-0.3, -0.25) is 24.5 Å². The predicted octanol–water partition coefficient (Wildman–Crippen LogP) is -0.815. The number of benzene rings is 1. The number of hydrogen-bond donors (Lipinski definition) is 6. The van der Waals surface area contributed by atoms with Gasteiger partial charge in [0, 0.05) is 24.3 Å². The van der Waals surface area contributed by atoms with E-state index in [2.05, 4.69) is 0 Å². The molecular formula is C20H20N2O10. The molecule has 3 aliphatic rings. The number of primary amides is 1. The monoisotopic (exact) mass is 448 g/mol.